The van der Waals surface area contributed by atoms with Gasteiger partial charge < -0.3 is 11.1 Å². The summed E-state index contributed by atoms with van der Waals surface area (Å²) in [4.78, 5) is 12.1. The van der Waals surface area contributed by atoms with E-state index in [1.165, 1.54) is 25.7 Å². The number of hydrogen-bond donors (Lipinski definition) is 2. The second kappa shape index (κ2) is 6.42. The molecule has 1 aliphatic carbocycles. The van der Waals surface area contributed by atoms with Crippen LogP contribution in [-0.2, 0) is 0 Å². The lowest BCUT2D eigenvalue weighted by Gasteiger charge is -2.26. The van der Waals surface area contributed by atoms with Crippen LogP contribution in [0.25, 0.3) is 0 Å². The smallest absolute Gasteiger partial charge is 0.252 e. The second-order valence-corrected chi connectivity index (χ2v) is 6.43. The molecule has 0 bridgehead atoms. The van der Waals surface area contributed by atoms with Crippen molar-refractivity contribution < 1.29 is 4.79 Å². The number of rotatable bonds is 3. The summed E-state index contributed by atoms with van der Waals surface area (Å²) in [6.07, 6.45) is 5.00. The van der Waals surface area contributed by atoms with E-state index in [4.69, 9.17) is 5.73 Å². The minimum absolute atomic E-state index is 0.0437. The Balaban J connectivity index is 1.89. The molecule has 3 N–H and O–H groups in total. The highest BCUT2D eigenvalue weighted by atomic mass is 79.9. The number of anilines is 1. The molecule has 0 aliphatic heterocycles. The SMILES string of the molecule is CC1CCC(CNC(=O)c2cc(N)ccc2Br)CC1. The van der Waals surface area contributed by atoms with Gasteiger partial charge in [0.25, 0.3) is 5.91 Å². The summed E-state index contributed by atoms with van der Waals surface area (Å²) >= 11 is 3.39. The number of nitrogens with one attached hydrogen (secondary N) is 1. The molecule has 0 spiro atoms. The van der Waals surface area contributed by atoms with Crippen molar-refractivity contribution in [1.29, 1.82) is 0 Å². The quantitative estimate of drug-likeness (QED) is 0.835. The molecule has 1 saturated carbocycles. The molecular weight excluding hydrogens is 304 g/mol. The third-order valence-corrected chi connectivity index (χ3v) is 4.61. The van der Waals surface area contributed by atoms with Gasteiger partial charge in [0, 0.05) is 16.7 Å². The fourth-order valence-electron chi connectivity index (χ4n) is 2.58. The van der Waals surface area contributed by atoms with Gasteiger partial charge in [0.2, 0.25) is 0 Å². The third-order valence-electron chi connectivity index (χ3n) is 3.92. The van der Waals surface area contributed by atoms with E-state index in [1.54, 1.807) is 12.1 Å². The summed E-state index contributed by atoms with van der Waals surface area (Å²) in [6.45, 7) is 3.07. The molecule has 0 radical (unpaired) electrons. The molecule has 1 aromatic carbocycles. The summed E-state index contributed by atoms with van der Waals surface area (Å²) in [5, 5.41) is 3.03. The lowest BCUT2D eigenvalue weighted by Crippen LogP contribution is -2.31. The van der Waals surface area contributed by atoms with E-state index in [0.29, 0.717) is 17.2 Å². The van der Waals surface area contributed by atoms with Gasteiger partial charge in [-0.15, -0.1) is 0 Å². The van der Waals surface area contributed by atoms with Crippen molar-refractivity contribution in [3.8, 4) is 0 Å². The van der Waals surface area contributed by atoms with Gasteiger partial charge >= 0.3 is 0 Å². The second-order valence-electron chi connectivity index (χ2n) is 5.58. The van der Waals surface area contributed by atoms with E-state index in [1.807, 2.05) is 6.07 Å². The first-order chi connectivity index (χ1) is 9.06. The molecule has 0 saturated heterocycles. The van der Waals surface area contributed by atoms with E-state index in [0.717, 1.165) is 16.9 Å². The maximum Gasteiger partial charge on any atom is 0.252 e. The summed E-state index contributed by atoms with van der Waals surface area (Å²) in [5.74, 6) is 1.42. The zero-order valence-corrected chi connectivity index (χ0v) is 12.9. The standard InChI is InChI=1S/C15H21BrN2O/c1-10-2-4-11(5-3-10)9-18-15(19)13-8-12(17)6-7-14(13)16/h6-8,10-11H,2-5,9,17H2,1H3,(H,18,19). The monoisotopic (exact) mass is 324 g/mol. The van der Waals surface area contributed by atoms with Gasteiger partial charge in [0.15, 0.2) is 0 Å². The van der Waals surface area contributed by atoms with Crippen molar-refractivity contribution in [1.82, 2.24) is 5.32 Å². The first-order valence-corrected chi connectivity index (χ1v) is 7.68. The van der Waals surface area contributed by atoms with Gasteiger partial charge in [-0.3, -0.25) is 4.79 Å². The predicted molar refractivity (Wildman–Crippen MR) is 82.0 cm³/mol. The van der Waals surface area contributed by atoms with Crippen LogP contribution in [-0.4, -0.2) is 12.5 Å². The molecular formula is C15H21BrN2O. The number of nitrogen functional groups attached to an aromatic ring is 1. The van der Waals surface area contributed by atoms with Gasteiger partial charge in [-0.2, -0.15) is 0 Å². The highest BCUT2D eigenvalue weighted by Gasteiger charge is 2.19. The Morgan fingerprint density at radius 1 is 1.37 bits per heavy atom. The van der Waals surface area contributed by atoms with Crippen LogP contribution in [0.3, 0.4) is 0 Å². The summed E-state index contributed by atoms with van der Waals surface area (Å²) < 4.78 is 0.788. The first-order valence-electron chi connectivity index (χ1n) is 6.89. The highest BCUT2D eigenvalue weighted by molar-refractivity contribution is 9.10. The van der Waals surface area contributed by atoms with Crippen LogP contribution in [0.15, 0.2) is 22.7 Å². The average molecular weight is 325 g/mol. The Morgan fingerprint density at radius 2 is 2.05 bits per heavy atom. The molecule has 4 heteroatoms. The predicted octanol–water partition coefficient (Wildman–Crippen LogP) is 3.59. The zero-order chi connectivity index (χ0) is 13.8. The highest BCUT2D eigenvalue weighted by Crippen LogP contribution is 2.28. The normalized spacial score (nSPS) is 23.1. The Bertz CT molecular complexity index is 453. The summed E-state index contributed by atoms with van der Waals surface area (Å²) in [5.41, 5.74) is 6.94. The van der Waals surface area contributed by atoms with Crippen molar-refractivity contribution >= 4 is 27.5 Å². The molecule has 1 amide bonds. The Hall–Kier alpha value is -1.03. The van der Waals surface area contributed by atoms with Crippen molar-refractivity contribution in [2.75, 3.05) is 12.3 Å². The van der Waals surface area contributed by atoms with Gasteiger partial charge in [-0.1, -0.05) is 19.8 Å². The van der Waals surface area contributed by atoms with Gasteiger partial charge in [0.1, 0.15) is 0 Å². The minimum atomic E-state index is -0.0437. The van der Waals surface area contributed by atoms with Gasteiger partial charge in [-0.05, 0) is 58.8 Å². The fourth-order valence-corrected chi connectivity index (χ4v) is 3.01. The van der Waals surface area contributed by atoms with Crippen LogP contribution in [0.1, 0.15) is 43.0 Å². The third kappa shape index (κ3) is 3.96. The lowest BCUT2D eigenvalue weighted by atomic mass is 9.83. The summed E-state index contributed by atoms with van der Waals surface area (Å²) in [6, 6.07) is 5.30. The topological polar surface area (TPSA) is 55.1 Å². The molecule has 1 aliphatic rings. The number of halogens is 1. The Morgan fingerprint density at radius 3 is 2.74 bits per heavy atom. The molecule has 0 unspecified atom stereocenters. The Kier molecular flexibility index (Phi) is 4.86. The fraction of sp³-hybridized carbons (Fsp3) is 0.533. The van der Waals surface area contributed by atoms with E-state index >= 15 is 0 Å². The number of hydrogen-bond acceptors (Lipinski definition) is 2. The molecule has 1 aromatic rings. The van der Waals surface area contributed by atoms with Crippen molar-refractivity contribution in [3.05, 3.63) is 28.2 Å². The molecule has 0 heterocycles. The lowest BCUT2D eigenvalue weighted by molar-refractivity contribution is 0.0941. The van der Waals surface area contributed by atoms with Crippen LogP contribution in [0.5, 0.6) is 0 Å². The molecule has 3 nitrogen and oxygen atoms in total. The summed E-state index contributed by atoms with van der Waals surface area (Å²) in [7, 11) is 0. The van der Waals surface area contributed by atoms with E-state index in [9.17, 15) is 4.79 Å². The number of amides is 1. The molecule has 19 heavy (non-hydrogen) atoms. The number of nitrogens with two attached hydrogens (primary N) is 1. The molecule has 104 valence electrons. The van der Waals surface area contributed by atoms with Crippen molar-refractivity contribution in [2.45, 2.75) is 32.6 Å². The number of carbonyl (C=O) groups is 1. The maximum atomic E-state index is 12.1. The Labute approximate surface area is 123 Å². The van der Waals surface area contributed by atoms with Crippen molar-refractivity contribution in [2.24, 2.45) is 11.8 Å². The van der Waals surface area contributed by atoms with Crippen LogP contribution in [0.2, 0.25) is 0 Å². The van der Waals surface area contributed by atoms with Gasteiger partial charge in [-0.25, -0.2) is 0 Å². The number of benzene rings is 1. The van der Waals surface area contributed by atoms with Gasteiger partial charge in [0.05, 0.1) is 5.56 Å². The van der Waals surface area contributed by atoms with E-state index in [2.05, 4.69) is 28.2 Å². The van der Waals surface area contributed by atoms with Crippen LogP contribution >= 0.6 is 15.9 Å². The number of carbonyl (C=O) groups excluding carboxylic acids is 1. The van der Waals surface area contributed by atoms with E-state index < -0.39 is 0 Å². The van der Waals surface area contributed by atoms with Crippen LogP contribution in [0.4, 0.5) is 5.69 Å². The van der Waals surface area contributed by atoms with Crippen molar-refractivity contribution in [3.63, 3.8) is 0 Å². The average Bonchev–Trinajstić information content (AvgIpc) is 2.40. The van der Waals surface area contributed by atoms with Crippen LogP contribution < -0.4 is 11.1 Å². The molecule has 1 fully saturated rings. The zero-order valence-electron chi connectivity index (χ0n) is 11.3. The minimum Gasteiger partial charge on any atom is -0.399 e. The molecule has 0 aromatic heterocycles. The molecule has 2 rings (SSSR count). The largest absolute Gasteiger partial charge is 0.399 e. The van der Waals surface area contributed by atoms with E-state index in [-0.39, 0.29) is 5.91 Å². The maximum absolute atomic E-state index is 12.1. The first kappa shape index (κ1) is 14.4. The van der Waals surface area contributed by atoms with Crippen LogP contribution in [0, 0.1) is 11.8 Å². The molecule has 0 atom stereocenters.